The molecule has 1 aromatic rings. The summed E-state index contributed by atoms with van der Waals surface area (Å²) in [5.74, 6) is 0.851. The number of aliphatic hydroxyl groups excluding tert-OH is 2. The van der Waals surface area contributed by atoms with E-state index in [1.54, 1.807) is 7.11 Å². The maximum absolute atomic E-state index is 9.19. The van der Waals surface area contributed by atoms with Gasteiger partial charge in [0.15, 0.2) is 0 Å². The smallest absolute Gasteiger partial charge is 0.122 e. The van der Waals surface area contributed by atoms with E-state index in [9.17, 15) is 10.2 Å². The van der Waals surface area contributed by atoms with Crippen LogP contribution >= 0.6 is 0 Å². The van der Waals surface area contributed by atoms with Crippen molar-refractivity contribution < 1.29 is 14.9 Å². The monoisotopic (exact) mass is 239 g/mol. The van der Waals surface area contributed by atoms with E-state index in [1.165, 1.54) is 0 Å². The summed E-state index contributed by atoms with van der Waals surface area (Å²) in [6.45, 7) is 3.86. The molecule has 0 saturated carbocycles. The highest BCUT2D eigenvalue weighted by atomic mass is 16.5. The molecule has 96 valence electrons. The first kappa shape index (κ1) is 13.8. The number of rotatable bonds is 5. The highest BCUT2D eigenvalue weighted by Crippen LogP contribution is 2.29. The Bertz CT molecular complexity index is 375. The molecule has 17 heavy (non-hydrogen) atoms. The van der Waals surface area contributed by atoms with Crippen LogP contribution in [0.3, 0.4) is 0 Å². The molecule has 0 aliphatic rings. The van der Waals surface area contributed by atoms with Gasteiger partial charge in [-0.15, -0.1) is 0 Å². The number of anilines is 1. The second kappa shape index (κ2) is 5.89. The Kier molecular flexibility index (Phi) is 4.78. The van der Waals surface area contributed by atoms with Crippen LogP contribution in [0.1, 0.15) is 11.1 Å². The van der Waals surface area contributed by atoms with E-state index in [0.717, 1.165) is 22.6 Å². The van der Waals surface area contributed by atoms with Crippen molar-refractivity contribution >= 4 is 5.69 Å². The fourth-order valence-corrected chi connectivity index (χ4v) is 1.88. The molecule has 0 heterocycles. The Hall–Kier alpha value is -1.26. The lowest BCUT2D eigenvalue weighted by molar-refractivity contribution is 0.190. The van der Waals surface area contributed by atoms with Crippen LogP contribution in [0.15, 0.2) is 12.1 Å². The van der Waals surface area contributed by atoms with Crippen molar-refractivity contribution in [3.05, 3.63) is 23.3 Å². The summed E-state index contributed by atoms with van der Waals surface area (Å²) in [5.41, 5.74) is 3.17. The van der Waals surface area contributed by atoms with E-state index in [4.69, 9.17) is 4.74 Å². The van der Waals surface area contributed by atoms with Gasteiger partial charge >= 0.3 is 0 Å². The van der Waals surface area contributed by atoms with Gasteiger partial charge in [0.05, 0.1) is 26.4 Å². The third-order valence-corrected chi connectivity index (χ3v) is 3.28. The van der Waals surface area contributed by atoms with E-state index in [1.807, 2.05) is 37.9 Å². The molecule has 4 nitrogen and oxygen atoms in total. The molecule has 0 radical (unpaired) electrons. The lowest BCUT2D eigenvalue weighted by Gasteiger charge is -2.29. The maximum Gasteiger partial charge on any atom is 0.122 e. The van der Waals surface area contributed by atoms with Crippen LogP contribution in [-0.4, -0.2) is 43.6 Å². The minimum Gasteiger partial charge on any atom is -0.496 e. The standard InChI is InChI=1S/C13H21NO3/c1-9-10(2)13(17-4)6-5-12(9)14(3)11(7-15)8-16/h5-6,11,15-16H,7-8H2,1-4H3. The predicted molar refractivity (Wildman–Crippen MR) is 68.8 cm³/mol. The van der Waals surface area contributed by atoms with Crippen molar-refractivity contribution in [3.63, 3.8) is 0 Å². The summed E-state index contributed by atoms with van der Waals surface area (Å²) in [7, 11) is 3.51. The van der Waals surface area contributed by atoms with Crippen LogP contribution in [0.4, 0.5) is 5.69 Å². The largest absolute Gasteiger partial charge is 0.496 e. The van der Waals surface area contributed by atoms with Gasteiger partial charge in [-0.25, -0.2) is 0 Å². The van der Waals surface area contributed by atoms with Gasteiger partial charge in [-0.1, -0.05) is 0 Å². The normalized spacial score (nSPS) is 10.8. The van der Waals surface area contributed by atoms with Crippen LogP contribution in [0.25, 0.3) is 0 Å². The molecule has 0 atom stereocenters. The Balaban J connectivity index is 3.10. The fourth-order valence-electron chi connectivity index (χ4n) is 1.88. The van der Waals surface area contributed by atoms with E-state index < -0.39 is 0 Å². The predicted octanol–water partition coefficient (Wildman–Crippen LogP) is 1.10. The molecule has 0 aliphatic heterocycles. The van der Waals surface area contributed by atoms with Crippen molar-refractivity contribution in [2.45, 2.75) is 19.9 Å². The zero-order valence-electron chi connectivity index (χ0n) is 10.9. The van der Waals surface area contributed by atoms with Crippen molar-refractivity contribution in [3.8, 4) is 5.75 Å². The molecular weight excluding hydrogens is 218 g/mol. The van der Waals surface area contributed by atoms with Crippen LogP contribution in [0.5, 0.6) is 5.75 Å². The van der Waals surface area contributed by atoms with Crippen LogP contribution < -0.4 is 9.64 Å². The number of benzene rings is 1. The molecule has 0 unspecified atom stereocenters. The Morgan fingerprint density at radius 2 is 1.76 bits per heavy atom. The minimum atomic E-state index is -0.276. The molecule has 0 aliphatic carbocycles. The van der Waals surface area contributed by atoms with Gasteiger partial charge in [0.25, 0.3) is 0 Å². The summed E-state index contributed by atoms with van der Waals surface area (Å²) in [4.78, 5) is 1.89. The third-order valence-electron chi connectivity index (χ3n) is 3.28. The van der Waals surface area contributed by atoms with E-state index in [2.05, 4.69) is 0 Å². The average Bonchev–Trinajstić information content (AvgIpc) is 2.34. The van der Waals surface area contributed by atoms with Crippen LogP contribution in [0.2, 0.25) is 0 Å². The molecule has 0 bridgehead atoms. The molecule has 0 spiro atoms. The first-order valence-corrected chi connectivity index (χ1v) is 5.65. The minimum absolute atomic E-state index is 0.0719. The third kappa shape index (κ3) is 2.70. The highest BCUT2D eigenvalue weighted by Gasteiger charge is 2.16. The van der Waals surface area contributed by atoms with Gasteiger partial charge < -0.3 is 19.8 Å². The number of hydrogen-bond acceptors (Lipinski definition) is 4. The van der Waals surface area contributed by atoms with E-state index in [0.29, 0.717) is 0 Å². The Labute approximate surface area is 102 Å². The summed E-state index contributed by atoms with van der Waals surface area (Å²) >= 11 is 0. The zero-order valence-corrected chi connectivity index (χ0v) is 10.9. The summed E-state index contributed by atoms with van der Waals surface area (Å²) in [6, 6.07) is 3.57. The molecule has 0 fully saturated rings. The number of nitrogens with zero attached hydrogens (tertiary/aromatic N) is 1. The first-order chi connectivity index (χ1) is 8.06. The molecular formula is C13H21NO3. The second-order valence-corrected chi connectivity index (χ2v) is 4.17. The topological polar surface area (TPSA) is 52.9 Å². The van der Waals surface area contributed by atoms with Crippen LogP contribution in [-0.2, 0) is 0 Å². The average molecular weight is 239 g/mol. The lowest BCUT2D eigenvalue weighted by Crippen LogP contribution is -2.38. The van der Waals surface area contributed by atoms with Crippen molar-refractivity contribution in [2.24, 2.45) is 0 Å². The molecule has 2 N–H and O–H groups in total. The number of likely N-dealkylation sites (N-methyl/N-ethyl adjacent to an activating group) is 1. The molecule has 1 rings (SSSR count). The van der Waals surface area contributed by atoms with Crippen molar-refractivity contribution in [2.75, 3.05) is 32.3 Å². The second-order valence-electron chi connectivity index (χ2n) is 4.17. The van der Waals surface area contributed by atoms with E-state index in [-0.39, 0.29) is 19.3 Å². The SMILES string of the molecule is COc1ccc(N(C)C(CO)CO)c(C)c1C. The molecule has 0 aromatic heterocycles. The maximum atomic E-state index is 9.19. The lowest BCUT2D eigenvalue weighted by atomic mass is 10.1. The molecule has 0 amide bonds. The van der Waals surface area contributed by atoms with Gasteiger partial charge in [0, 0.05) is 12.7 Å². The quantitative estimate of drug-likeness (QED) is 0.808. The summed E-state index contributed by atoms with van der Waals surface area (Å²) in [6.07, 6.45) is 0. The van der Waals surface area contributed by atoms with Gasteiger partial charge in [0.2, 0.25) is 0 Å². The highest BCUT2D eigenvalue weighted by molar-refractivity contribution is 5.60. The van der Waals surface area contributed by atoms with E-state index >= 15 is 0 Å². The molecule has 0 saturated heterocycles. The number of hydrogen-bond donors (Lipinski definition) is 2. The number of aliphatic hydroxyl groups is 2. The number of ether oxygens (including phenoxy) is 1. The summed E-state index contributed by atoms with van der Waals surface area (Å²) < 4.78 is 5.26. The van der Waals surface area contributed by atoms with Gasteiger partial charge in [-0.3, -0.25) is 0 Å². The number of methoxy groups -OCH3 is 1. The summed E-state index contributed by atoms with van der Waals surface area (Å²) in [5, 5.41) is 18.4. The van der Waals surface area contributed by atoms with Crippen LogP contribution in [0, 0.1) is 13.8 Å². The Morgan fingerprint density at radius 1 is 1.18 bits per heavy atom. The van der Waals surface area contributed by atoms with Crippen molar-refractivity contribution in [1.82, 2.24) is 0 Å². The van der Waals surface area contributed by atoms with Gasteiger partial charge in [-0.05, 0) is 37.1 Å². The first-order valence-electron chi connectivity index (χ1n) is 5.65. The van der Waals surface area contributed by atoms with Gasteiger partial charge in [-0.2, -0.15) is 0 Å². The molecule has 1 aromatic carbocycles. The van der Waals surface area contributed by atoms with Gasteiger partial charge in [0.1, 0.15) is 5.75 Å². The Morgan fingerprint density at radius 3 is 2.24 bits per heavy atom. The molecule has 4 heteroatoms. The fraction of sp³-hybridized carbons (Fsp3) is 0.538. The van der Waals surface area contributed by atoms with Crippen molar-refractivity contribution in [1.29, 1.82) is 0 Å². The zero-order chi connectivity index (χ0) is 13.0.